The highest BCUT2D eigenvalue weighted by Gasteiger charge is 2.25. The molecular formula is C25H41N3O5. The lowest BCUT2D eigenvalue weighted by molar-refractivity contribution is 0.0591. The number of carbonyl (C=O) groups excluding carboxylic acids is 2. The van der Waals surface area contributed by atoms with Crippen molar-refractivity contribution in [3.8, 4) is 0 Å². The molecule has 0 aliphatic rings. The Balaban J connectivity index is 0.000000331. The van der Waals surface area contributed by atoms with Gasteiger partial charge in [-0.3, -0.25) is 4.79 Å². The Bertz CT molecular complexity index is 911. The van der Waals surface area contributed by atoms with Crippen LogP contribution >= 0.6 is 0 Å². The number of oxazole rings is 2. The van der Waals surface area contributed by atoms with Gasteiger partial charge in [-0.15, -0.1) is 0 Å². The minimum absolute atomic E-state index is 0.0907. The van der Waals surface area contributed by atoms with Gasteiger partial charge in [0.15, 0.2) is 23.2 Å². The predicted molar refractivity (Wildman–Crippen MR) is 128 cm³/mol. The van der Waals surface area contributed by atoms with Crippen LogP contribution in [0.2, 0.25) is 0 Å². The maximum atomic E-state index is 12.0. The van der Waals surface area contributed by atoms with E-state index in [1.807, 2.05) is 34.6 Å². The Morgan fingerprint density at radius 3 is 1.55 bits per heavy atom. The average molecular weight is 464 g/mol. The molecule has 0 saturated carbocycles. The zero-order valence-corrected chi connectivity index (χ0v) is 22.1. The van der Waals surface area contributed by atoms with Crippen LogP contribution in [0.3, 0.4) is 0 Å². The second kappa shape index (κ2) is 12.6. The number of nitrogens with zero attached hydrogens (tertiary/aromatic N) is 3. The van der Waals surface area contributed by atoms with Crippen LogP contribution in [-0.2, 0) is 4.74 Å². The number of carbonyl (C=O) groups is 2. The largest absolute Gasteiger partial charge is 0.464 e. The molecule has 0 spiro atoms. The minimum Gasteiger partial charge on any atom is -0.464 e. The average Bonchev–Trinajstić information content (AvgIpc) is 3.42. The summed E-state index contributed by atoms with van der Waals surface area (Å²) in [6.07, 6.45) is 1.88. The van der Waals surface area contributed by atoms with Gasteiger partial charge in [-0.25, -0.2) is 14.8 Å². The first-order chi connectivity index (χ1) is 15.4. The van der Waals surface area contributed by atoms with Crippen LogP contribution in [0.15, 0.2) is 8.83 Å². The highest BCUT2D eigenvalue weighted by molar-refractivity contribution is 5.93. The van der Waals surface area contributed by atoms with Gasteiger partial charge >= 0.3 is 5.97 Å². The van der Waals surface area contributed by atoms with Crippen molar-refractivity contribution in [2.45, 2.75) is 91.9 Å². The van der Waals surface area contributed by atoms with Crippen LogP contribution in [0.1, 0.15) is 136 Å². The summed E-state index contributed by atoms with van der Waals surface area (Å²) in [6, 6.07) is 0. The molecule has 0 bridgehead atoms. The molecule has 0 aliphatic carbocycles. The fraction of sp³-hybridized carbons (Fsp3) is 0.680. The van der Waals surface area contributed by atoms with Gasteiger partial charge in [0.25, 0.3) is 5.91 Å². The molecule has 0 N–H and O–H groups in total. The van der Waals surface area contributed by atoms with Crippen molar-refractivity contribution < 1.29 is 23.2 Å². The number of hydrogen-bond donors (Lipinski definition) is 0. The molecule has 0 aromatic carbocycles. The molecular weight excluding hydrogens is 422 g/mol. The van der Waals surface area contributed by atoms with Gasteiger partial charge < -0.3 is 18.5 Å². The molecule has 0 saturated heterocycles. The van der Waals surface area contributed by atoms with Crippen LogP contribution in [-0.4, -0.2) is 47.9 Å². The first-order valence-electron chi connectivity index (χ1n) is 11.7. The van der Waals surface area contributed by atoms with Gasteiger partial charge in [0.2, 0.25) is 0 Å². The maximum absolute atomic E-state index is 12.0. The third-order valence-electron chi connectivity index (χ3n) is 5.44. The topological polar surface area (TPSA) is 98.7 Å². The van der Waals surface area contributed by atoms with Gasteiger partial charge in [-0.1, -0.05) is 55.4 Å². The molecule has 1 amide bonds. The fourth-order valence-corrected chi connectivity index (χ4v) is 2.86. The van der Waals surface area contributed by atoms with Gasteiger partial charge in [0.1, 0.15) is 11.5 Å². The van der Waals surface area contributed by atoms with E-state index in [4.69, 9.17) is 13.6 Å². The molecule has 0 fully saturated rings. The molecule has 8 heteroatoms. The minimum atomic E-state index is -0.429. The van der Waals surface area contributed by atoms with E-state index in [1.54, 1.807) is 14.1 Å². The lowest BCUT2D eigenvalue weighted by Gasteiger charge is -2.09. The second-order valence-corrected chi connectivity index (χ2v) is 9.15. The number of hydrogen-bond acceptors (Lipinski definition) is 7. The molecule has 33 heavy (non-hydrogen) atoms. The normalized spacial score (nSPS) is 12.9. The predicted octanol–water partition coefficient (Wildman–Crippen LogP) is 6.11. The SMILES string of the molecule is CC[C@H](C)c1nc(C(=O)N(C)C)c(C(C)C)o1.CC[C@H](C)c1nc(C(=O)OC)c(C(C)C)o1. The summed E-state index contributed by atoms with van der Waals surface area (Å²) in [5, 5.41) is 0. The molecule has 0 aliphatic heterocycles. The summed E-state index contributed by atoms with van der Waals surface area (Å²) in [5.74, 6) is 2.83. The van der Waals surface area contributed by atoms with Crippen LogP contribution in [0, 0.1) is 0 Å². The van der Waals surface area contributed by atoms with E-state index in [-0.39, 0.29) is 29.6 Å². The van der Waals surface area contributed by atoms with Crippen molar-refractivity contribution in [3.05, 3.63) is 34.7 Å². The van der Waals surface area contributed by atoms with E-state index in [1.165, 1.54) is 12.0 Å². The number of aromatic nitrogens is 2. The Labute approximate surface area is 198 Å². The number of amides is 1. The number of rotatable bonds is 8. The zero-order chi connectivity index (χ0) is 25.5. The van der Waals surface area contributed by atoms with Crippen LogP contribution in [0.5, 0.6) is 0 Å². The summed E-state index contributed by atoms with van der Waals surface area (Å²) < 4.78 is 16.1. The third-order valence-corrected chi connectivity index (χ3v) is 5.44. The standard InChI is InChI=1S/C13H22N2O2.C12H19NO3/c1-7-9(4)12-14-10(13(16)15(5)6)11(17-12)8(2)3;1-6-8(4)11-13-9(12(14)15-5)10(16-11)7(2)3/h8-9H,7H2,1-6H3;7-8H,6H2,1-5H3/t9-;8-/m00/s1. The van der Waals surface area contributed by atoms with Crippen molar-refractivity contribution in [1.82, 2.24) is 14.9 Å². The molecule has 2 aromatic heterocycles. The van der Waals surface area contributed by atoms with E-state index >= 15 is 0 Å². The molecule has 0 unspecified atom stereocenters. The Hall–Kier alpha value is -2.64. The molecule has 2 rings (SSSR count). The first-order valence-corrected chi connectivity index (χ1v) is 11.7. The van der Waals surface area contributed by atoms with Crippen LogP contribution < -0.4 is 0 Å². The molecule has 2 atom stereocenters. The smallest absolute Gasteiger partial charge is 0.360 e. The van der Waals surface area contributed by atoms with Crippen molar-refractivity contribution >= 4 is 11.9 Å². The molecule has 186 valence electrons. The monoisotopic (exact) mass is 463 g/mol. The highest BCUT2D eigenvalue weighted by atomic mass is 16.5. The lowest BCUT2D eigenvalue weighted by atomic mass is 10.1. The molecule has 0 radical (unpaired) electrons. The van der Waals surface area contributed by atoms with E-state index < -0.39 is 5.97 Å². The summed E-state index contributed by atoms with van der Waals surface area (Å²) in [5.41, 5.74) is 0.771. The van der Waals surface area contributed by atoms with Gasteiger partial charge in [0, 0.05) is 37.8 Å². The van der Waals surface area contributed by atoms with E-state index in [0.29, 0.717) is 34.7 Å². The molecule has 8 nitrogen and oxygen atoms in total. The van der Waals surface area contributed by atoms with Gasteiger partial charge in [0.05, 0.1) is 7.11 Å². The fourth-order valence-electron chi connectivity index (χ4n) is 2.86. The van der Waals surface area contributed by atoms with Gasteiger partial charge in [-0.2, -0.15) is 0 Å². The van der Waals surface area contributed by atoms with Crippen molar-refractivity contribution in [2.75, 3.05) is 21.2 Å². The Morgan fingerprint density at radius 2 is 1.21 bits per heavy atom. The van der Waals surface area contributed by atoms with Crippen molar-refractivity contribution in [1.29, 1.82) is 0 Å². The van der Waals surface area contributed by atoms with Crippen LogP contribution in [0.25, 0.3) is 0 Å². The summed E-state index contributed by atoms with van der Waals surface area (Å²) in [7, 11) is 4.80. The number of esters is 1. The highest BCUT2D eigenvalue weighted by Crippen LogP contribution is 2.28. The lowest BCUT2D eigenvalue weighted by Crippen LogP contribution is -2.23. The van der Waals surface area contributed by atoms with Crippen LogP contribution in [0.4, 0.5) is 0 Å². The summed E-state index contributed by atoms with van der Waals surface area (Å²) in [6.45, 7) is 16.2. The zero-order valence-electron chi connectivity index (χ0n) is 22.1. The Kier molecular flexibility index (Phi) is 10.8. The van der Waals surface area contributed by atoms with E-state index in [9.17, 15) is 9.59 Å². The van der Waals surface area contributed by atoms with E-state index in [2.05, 4.69) is 30.7 Å². The molecule has 2 aromatic rings. The third kappa shape index (κ3) is 7.17. The summed E-state index contributed by atoms with van der Waals surface area (Å²) in [4.78, 5) is 33.6. The van der Waals surface area contributed by atoms with Crippen molar-refractivity contribution in [3.63, 3.8) is 0 Å². The van der Waals surface area contributed by atoms with E-state index in [0.717, 1.165) is 12.8 Å². The second-order valence-electron chi connectivity index (χ2n) is 9.15. The summed E-state index contributed by atoms with van der Waals surface area (Å²) >= 11 is 0. The number of ether oxygens (including phenoxy) is 1. The number of methoxy groups -OCH3 is 1. The first kappa shape index (κ1) is 28.4. The molecule has 2 heterocycles. The quantitative estimate of drug-likeness (QED) is 0.435. The Morgan fingerprint density at radius 1 is 0.818 bits per heavy atom. The maximum Gasteiger partial charge on any atom is 0.360 e. The van der Waals surface area contributed by atoms with Gasteiger partial charge in [-0.05, 0) is 12.8 Å². The van der Waals surface area contributed by atoms with Crippen molar-refractivity contribution in [2.24, 2.45) is 0 Å².